The molecule has 0 amide bonds. The molecule has 0 aromatic rings. The lowest BCUT2D eigenvalue weighted by Crippen LogP contribution is -2.34. The van der Waals surface area contributed by atoms with Gasteiger partial charge in [0, 0.05) is 12.6 Å². The van der Waals surface area contributed by atoms with Gasteiger partial charge in [-0.05, 0) is 32.7 Å². The van der Waals surface area contributed by atoms with Crippen LogP contribution in [0.15, 0.2) is 0 Å². The Kier molecular flexibility index (Phi) is 7.87. The minimum atomic E-state index is 0.487. The lowest BCUT2D eigenvalue weighted by molar-refractivity contribution is 0.0392. The molecule has 1 aliphatic carbocycles. The fraction of sp³-hybridized carbons (Fsp3) is 1.00. The normalized spacial score (nSPS) is 25.1. The number of hydrogen-bond acceptors (Lipinski definition) is 2. The molecule has 1 aliphatic rings. The molecule has 0 aromatic heterocycles. The van der Waals surface area contributed by atoms with Crippen molar-refractivity contribution in [3.05, 3.63) is 0 Å². The van der Waals surface area contributed by atoms with Crippen molar-refractivity contribution in [3.63, 3.8) is 0 Å². The standard InChI is InChI=1S/C14H29NO/c1-3-4-5-6-7-8-12-16-14-11-9-10-13(14)15-2/h13-15H,3-12H2,1-2H3. The molecule has 0 bridgehead atoms. The van der Waals surface area contributed by atoms with E-state index in [2.05, 4.69) is 19.3 Å². The van der Waals surface area contributed by atoms with Crippen LogP contribution in [-0.4, -0.2) is 25.8 Å². The van der Waals surface area contributed by atoms with Gasteiger partial charge in [0.2, 0.25) is 0 Å². The van der Waals surface area contributed by atoms with Crippen molar-refractivity contribution in [3.8, 4) is 0 Å². The van der Waals surface area contributed by atoms with E-state index in [0.29, 0.717) is 12.1 Å². The van der Waals surface area contributed by atoms with Crippen LogP contribution < -0.4 is 5.32 Å². The summed E-state index contributed by atoms with van der Waals surface area (Å²) in [6.07, 6.45) is 12.5. The molecule has 2 unspecified atom stereocenters. The zero-order valence-corrected chi connectivity index (χ0v) is 11.1. The van der Waals surface area contributed by atoms with Crippen LogP contribution in [0.2, 0.25) is 0 Å². The highest BCUT2D eigenvalue weighted by molar-refractivity contribution is 4.82. The van der Waals surface area contributed by atoms with E-state index < -0.39 is 0 Å². The van der Waals surface area contributed by atoms with Crippen molar-refractivity contribution in [2.75, 3.05) is 13.7 Å². The molecule has 0 heterocycles. The highest BCUT2D eigenvalue weighted by Gasteiger charge is 2.25. The number of unbranched alkanes of at least 4 members (excludes halogenated alkanes) is 5. The van der Waals surface area contributed by atoms with E-state index in [0.717, 1.165) is 6.61 Å². The highest BCUT2D eigenvalue weighted by atomic mass is 16.5. The summed E-state index contributed by atoms with van der Waals surface area (Å²) in [6.45, 7) is 3.23. The topological polar surface area (TPSA) is 21.3 Å². The van der Waals surface area contributed by atoms with Crippen LogP contribution >= 0.6 is 0 Å². The number of likely N-dealkylation sites (N-methyl/N-ethyl adjacent to an activating group) is 1. The predicted molar refractivity (Wildman–Crippen MR) is 69.8 cm³/mol. The average Bonchev–Trinajstić information content (AvgIpc) is 2.75. The fourth-order valence-electron chi connectivity index (χ4n) is 2.57. The van der Waals surface area contributed by atoms with Gasteiger partial charge in [-0.2, -0.15) is 0 Å². The van der Waals surface area contributed by atoms with Crippen LogP contribution in [-0.2, 0) is 4.74 Å². The van der Waals surface area contributed by atoms with Crippen molar-refractivity contribution < 1.29 is 4.74 Å². The van der Waals surface area contributed by atoms with Gasteiger partial charge >= 0.3 is 0 Å². The smallest absolute Gasteiger partial charge is 0.0727 e. The molecule has 1 fully saturated rings. The van der Waals surface area contributed by atoms with Gasteiger partial charge in [-0.15, -0.1) is 0 Å². The molecule has 16 heavy (non-hydrogen) atoms. The lowest BCUT2D eigenvalue weighted by atomic mass is 10.1. The molecule has 1 rings (SSSR count). The molecule has 0 saturated heterocycles. The summed E-state index contributed by atoms with van der Waals surface area (Å²) in [4.78, 5) is 0. The van der Waals surface area contributed by atoms with Gasteiger partial charge in [-0.3, -0.25) is 0 Å². The highest BCUT2D eigenvalue weighted by Crippen LogP contribution is 2.22. The predicted octanol–water partition coefficient (Wildman–Crippen LogP) is 3.50. The van der Waals surface area contributed by atoms with Crippen LogP contribution in [0, 0.1) is 0 Å². The summed E-state index contributed by atoms with van der Waals surface area (Å²) in [6, 6.07) is 0.611. The Labute approximate surface area is 101 Å². The van der Waals surface area contributed by atoms with Crippen LogP contribution in [0.1, 0.15) is 64.7 Å². The van der Waals surface area contributed by atoms with E-state index in [1.54, 1.807) is 0 Å². The first-order valence-electron chi connectivity index (χ1n) is 7.17. The second-order valence-electron chi connectivity index (χ2n) is 5.00. The van der Waals surface area contributed by atoms with E-state index in [4.69, 9.17) is 4.74 Å². The van der Waals surface area contributed by atoms with E-state index >= 15 is 0 Å². The molecule has 96 valence electrons. The van der Waals surface area contributed by atoms with Gasteiger partial charge in [0.15, 0.2) is 0 Å². The van der Waals surface area contributed by atoms with Crippen LogP contribution in [0.5, 0.6) is 0 Å². The third-order valence-electron chi connectivity index (χ3n) is 3.65. The van der Waals surface area contributed by atoms with Gasteiger partial charge in [0.1, 0.15) is 0 Å². The number of rotatable bonds is 9. The zero-order valence-electron chi connectivity index (χ0n) is 11.1. The van der Waals surface area contributed by atoms with Gasteiger partial charge < -0.3 is 10.1 Å². The van der Waals surface area contributed by atoms with Crippen molar-refractivity contribution in [2.24, 2.45) is 0 Å². The average molecular weight is 227 g/mol. The van der Waals surface area contributed by atoms with Crippen molar-refractivity contribution >= 4 is 0 Å². The van der Waals surface area contributed by atoms with Gasteiger partial charge in [-0.1, -0.05) is 39.0 Å². The monoisotopic (exact) mass is 227 g/mol. The van der Waals surface area contributed by atoms with E-state index in [9.17, 15) is 0 Å². The summed E-state index contributed by atoms with van der Waals surface area (Å²) in [5, 5.41) is 3.36. The third-order valence-corrected chi connectivity index (χ3v) is 3.65. The number of hydrogen-bond donors (Lipinski definition) is 1. The molecule has 0 aliphatic heterocycles. The molecule has 2 nitrogen and oxygen atoms in total. The number of ether oxygens (including phenoxy) is 1. The van der Waals surface area contributed by atoms with Crippen LogP contribution in [0.4, 0.5) is 0 Å². The third kappa shape index (κ3) is 5.31. The Hall–Kier alpha value is -0.0800. The number of nitrogens with one attached hydrogen (secondary N) is 1. The molecule has 2 atom stereocenters. The second kappa shape index (κ2) is 9.00. The molecule has 0 aromatic carbocycles. The van der Waals surface area contributed by atoms with Gasteiger partial charge in [0.25, 0.3) is 0 Å². The van der Waals surface area contributed by atoms with E-state index in [-0.39, 0.29) is 0 Å². The Morgan fingerprint density at radius 3 is 2.56 bits per heavy atom. The molecule has 0 radical (unpaired) electrons. The maximum atomic E-state index is 5.95. The van der Waals surface area contributed by atoms with Crippen molar-refractivity contribution in [1.82, 2.24) is 5.32 Å². The minimum absolute atomic E-state index is 0.487. The molecular formula is C14H29NO. The Balaban J connectivity index is 1.90. The summed E-state index contributed by atoms with van der Waals surface area (Å²) in [5.41, 5.74) is 0. The first-order valence-corrected chi connectivity index (χ1v) is 7.17. The first-order chi connectivity index (χ1) is 7.88. The Bertz CT molecular complexity index is 161. The van der Waals surface area contributed by atoms with Crippen molar-refractivity contribution in [1.29, 1.82) is 0 Å². The Morgan fingerprint density at radius 1 is 1.06 bits per heavy atom. The summed E-state index contributed by atoms with van der Waals surface area (Å²) >= 11 is 0. The van der Waals surface area contributed by atoms with Gasteiger partial charge in [-0.25, -0.2) is 0 Å². The molecule has 0 spiro atoms. The van der Waals surface area contributed by atoms with Crippen LogP contribution in [0.25, 0.3) is 0 Å². The summed E-state index contributed by atoms with van der Waals surface area (Å²) in [5.74, 6) is 0. The largest absolute Gasteiger partial charge is 0.377 e. The Morgan fingerprint density at radius 2 is 1.81 bits per heavy atom. The lowest BCUT2D eigenvalue weighted by Gasteiger charge is -2.19. The summed E-state index contributed by atoms with van der Waals surface area (Å²) < 4.78 is 5.95. The molecule has 2 heteroatoms. The van der Waals surface area contributed by atoms with Crippen LogP contribution in [0.3, 0.4) is 0 Å². The molecule has 1 saturated carbocycles. The fourth-order valence-corrected chi connectivity index (χ4v) is 2.57. The first kappa shape index (κ1) is 14.0. The molecule has 1 N–H and O–H groups in total. The molecular weight excluding hydrogens is 198 g/mol. The SMILES string of the molecule is CCCCCCCCOC1CCCC1NC. The zero-order chi connectivity index (χ0) is 11.6. The quantitative estimate of drug-likeness (QED) is 0.609. The maximum absolute atomic E-state index is 5.95. The maximum Gasteiger partial charge on any atom is 0.0727 e. The van der Waals surface area contributed by atoms with Gasteiger partial charge in [0.05, 0.1) is 6.10 Å². The summed E-state index contributed by atoms with van der Waals surface area (Å²) in [7, 11) is 2.05. The van der Waals surface area contributed by atoms with E-state index in [1.165, 1.54) is 57.8 Å². The van der Waals surface area contributed by atoms with E-state index in [1.807, 2.05) is 0 Å². The second-order valence-corrected chi connectivity index (χ2v) is 5.00. The minimum Gasteiger partial charge on any atom is -0.377 e. The van der Waals surface area contributed by atoms with Crippen molar-refractivity contribution in [2.45, 2.75) is 76.9 Å².